The van der Waals surface area contributed by atoms with Crippen molar-refractivity contribution >= 4 is 48.5 Å². The van der Waals surface area contributed by atoms with Crippen LogP contribution in [0.4, 0.5) is 11.4 Å². The second-order valence-corrected chi connectivity index (χ2v) is 18.7. The van der Waals surface area contributed by atoms with E-state index in [0.29, 0.717) is 32.2 Å². The van der Waals surface area contributed by atoms with Crippen LogP contribution >= 0.6 is 22.9 Å². The maximum atomic E-state index is 13.2. The van der Waals surface area contributed by atoms with Crippen molar-refractivity contribution in [2.45, 2.75) is 77.6 Å². The fraction of sp³-hybridized carbons (Fsp3) is 0.469. The molecule has 1 amide bonds. The average Bonchev–Trinajstić information content (AvgIpc) is 3.53. The number of methoxy groups -OCH3 is 1. The molecule has 3 aromatic rings. The van der Waals surface area contributed by atoms with E-state index in [9.17, 15) is 4.79 Å². The topological polar surface area (TPSA) is 50.8 Å². The largest absolute Gasteiger partial charge is 0.495 e. The van der Waals surface area contributed by atoms with E-state index in [1.165, 1.54) is 11.3 Å². The predicted octanol–water partition coefficient (Wildman–Crippen LogP) is 9.41. The molecular formula is C32H43ClN2O3SSi. The summed E-state index contributed by atoms with van der Waals surface area (Å²) < 4.78 is 12.9. The minimum absolute atomic E-state index is 0.121. The zero-order valence-corrected chi connectivity index (χ0v) is 27.6. The molecule has 216 valence electrons. The van der Waals surface area contributed by atoms with Crippen LogP contribution < -0.4 is 15.0 Å². The van der Waals surface area contributed by atoms with Crippen LogP contribution in [-0.4, -0.2) is 40.5 Å². The van der Waals surface area contributed by atoms with Crippen LogP contribution in [0.15, 0.2) is 48.5 Å². The maximum Gasteiger partial charge on any atom is 0.266 e. The molecule has 2 aromatic carbocycles. The first kappa shape index (κ1) is 30.6. The molecule has 8 heteroatoms. The third-order valence-electron chi connectivity index (χ3n) is 8.25. The van der Waals surface area contributed by atoms with E-state index in [2.05, 4.69) is 57.8 Å². The van der Waals surface area contributed by atoms with Crippen molar-refractivity contribution in [3.05, 3.63) is 64.0 Å². The molecule has 1 atom stereocenters. The number of amides is 1. The Bertz CT molecular complexity index is 1300. The molecule has 0 saturated carbocycles. The van der Waals surface area contributed by atoms with Gasteiger partial charge in [-0.3, -0.25) is 4.79 Å². The molecule has 1 saturated heterocycles. The zero-order valence-electron chi connectivity index (χ0n) is 25.0. The van der Waals surface area contributed by atoms with Gasteiger partial charge in [-0.15, -0.1) is 11.3 Å². The highest BCUT2D eigenvalue weighted by Gasteiger charge is 2.47. The lowest BCUT2D eigenvalue weighted by Gasteiger charge is -2.44. The summed E-state index contributed by atoms with van der Waals surface area (Å²) in [5.41, 5.74) is 5.43. The van der Waals surface area contributed by atoms with E-state index >= 15 is 0 Å². The summed E-state index contributed by atoms with van der Waals surface area (Å²) in [7, 11) is -0.257. The SMILES string of the molecule is COc1cc(NC(=O)c2sc(-c3ccc(Cl)cc3)cc2C)ccc1N1CC[C@@H](O[Si](C(C)C)(C(C)C)C(C)C)C1. The number of thiophene rings is 1. The minimum Gasteiger partial charge on any atom is -0.495 e. The highest BCUT2D eigenvalue weighted by Crippen LogP contribution is 2.44. The average molecular weight is 599 g/mol. The summed E-state index contributed by atoms with van der Waals surface area (Å²) in [5, 5.41) is 3.77. The molecule has 4 rings (SSSR count). The molecule has 0 spiro atoms. The van der Waals surface area contributed by atoms with E-state index < -0.39 is 8.32 Å². The van der Waals surface area contributed by atoms with Crippen molar-refractivity contribution in [3.8, 4) is 16.2 Å². The molecule has 1 aliphatic heterocycles. The van der Waals surface area contributed by atoms with E-state index in [4.69, 9.17) is 20.8 Å². The Balaban J connectivity index is 1.47. The van der Waals surface area contributed by atoms with E-state index in [1.54, 1.807) is 7.11 Å². The lowest BCUT2D eigenvalue weighted by molar-refractivity contribution is 0.103. The fourth-order valence-corrected chi connectivity index (χ4v) is 13.2. The standard InChI is InChI=1S/C32H43ClN2O3SSi/c1-20(2)40(21(3)4,22(5)6)38-27-15-16-35(19-27)28-14-13-26(18-29(28)37-8)34-32(36)31-23(7)17-30(39-31)24-9-11-25(33)12-10-24/h9-14,17-18,20-22,27H,15-16,19H2,1-8H3,(H,34,36)/t27-/m1/s1. The van der Waals surface area contributed by atoms with Crippen LogP contribution in [0.3, 0.4) is 0 Å². The molecule has 0 bridgehead atoms. The Hall–Kier alpha value is -2.32. The van der Waals surface area contributed by atoms with Crippen molar-refractivity contribution in [2.75, 3.05) is 30.4 Å². The number of nitrogens with zero attached hydrogens (tertiary/aromatic N) is 1. The molecule has 0 unspecified atom stereocenters. The molecule has 1 aliphatic rings. The van der Waals surface area contributed by atoms with Gasteiger partial charge in [0.05, 0.1) is 23.8 Å². The van der Waals surface area contributed by atoms with E-state index in [1.807, 2.05) is 49.4 Å². The van der Waals surface area contributed by atoms with Gasteiger partial charge in [0.25, 0.3) is 5.91 Å². The van der Waals surface area contributed by atoms with Crippen LogP contribution in [0.5, 0.6) is 5.75 Å². The zero-order chi connectivity index (χ0) is 29.2. The van der Waals surface area contributed by atoms with Crippen molar-refractivity contribution < 1.29 is 14.0 Å². The number of benzene rings is 2. The molecule has 1 N–H and O–H groups in total. The minimum atomic E-state index is -1.94. The lowest BCUT2D eigenvalue weighted by Crippen LogP contribution is -2.50. The van der Waals surface area contributed by atoms with Gasteiger partial charge in [0.1, 0.15) is 5.75 Å². The second-order valence-electron chi connectivity index (χ2n) is 11.8. The second kappa shape index (κ2) is 12.7. The Labute approximate surface area is 250 Å². The highest BCUT2D eigenvalue weighted by molar-refractivity contribution is 7.17. The number of carbonyl (C=O) groups excluding carboxylic acids is 1. The van der Waals surface area contributed by atoms with E-state index in [0.717, 1.165) is 47.0 Å². The number of hydrogen-bond donors (Lipinski definition) is 1. The summed E-state index contributed by atoms with van der Waals surface area (Å²) in [6.07, 6.45) is 1.23. The van der Waals surface area contributed by atoms with Crippen LogP contribution in [0.2, 0.25) is 21.6 Å². The Morgan fingerprint density at radius 1 is 1.02 bits per heavy atom. The van der Waals surface area contributed by atoms with Crippen molar-refractivity contribution in [3.63, 3.8) is 0 Å². The number of nitrogens with one attached hydrogen (secondary N) is 1. The van der Waals surface area contributed by atoms with Crippen LogP contribution in [0.1, 0.15) is 63.2 Å². The molecule has 0 aliphatic carbocycles. The first-order valence-electron chi connectivity index (χ1n) is 14.2. The van der Waals surface area contributed by atoms with Crippen LogP contribution in [0, 0.1) is 6.92 Å². The molecular weight excluding hydrogens is 556 g/mol. The number of aryl methyl sites for hydroxylation is 1. The van der Waals surface area contributed by atoms with Crippen molar-refractivity contribution in [1.29, 1.82) is 0 Å². The number of carbonyl (C=O) groups is 1. The summed E-state index contributed by atoms with van der Waals surface area (Å²) >= 11 is 7.53. The summed E-state index contributed by atoms with van der Waals surface area (Å²) in [5.74, 6) is 0.632. The molecule has 40 heavy (non-hydrogen) atoms. The number of hydrogen-bond acceptors (Lipinski definition) is 5. The lowest BCUT2D eigenvalue weighted by atomic mass is 10.1. The van der Waals surface area contributed by atoms with Gasteiger partial charge >= 0.3 is 0 Å². The van der Waals surface area contributed by atoms with Gasteiger partial charge in [-0.1, -0.05) is 65.3 Å². The summed E-state index contributed by atoms with van der Waals surface area (Å²) in [6.45, 7) is 17.8. The number of anilines is 2. The highest BCUT2D eigenvalue weighted by atomic mass is 35.5. The van der Waals surface area contributed by atoms with Crippen molar-refractivity contribution in [1.82, 2.24) is 0 Å². The van der Waals surface area contributed by atoms with Crippen LogP contribution in [-0.2, 0) is 4.43 Å². The number of halogens is 1. The quantitative estimate of drug-likeness (QED) is 0.236. The third kappa shape index (κ3) is 6.28. The third-order valence-corrected chi connectivity index (χ3v) is 15.9. The Morgan fingerprint density at radius 2 is 1.68 bits per heavy atom. The fourth-order valence-electron chi connectivity index (χ4n) is 6.41. The first-order chi connectivity index (χ1) is 19.0. The molecule has 1 aromatic heterocycles. The summed E-state index contributed by atoms with van der Waals surface area (Å²) in [4.78, 5) is 17.3. The molecule has 5 nitrogen and oxygen atoms in total. The normalized spacial score (nSPS) is 15.9. The van der Waals surface area contributed by atoms with Gasteiger partial charge in [0.15, 0.2) is 0 Å². The summed E-state index contributed by atoms with van der Waals surface area (Å²) in [6, 6.07) is 15.7. The van der Waals surface area contributed by atoms with Gasteiger partial charge in [0, 0.05) is 34.7 Å². The van der Waals surface area contributed by atoms with Gasteiger partial charge in [-0.05, 0) is 71.4 Å². The Morgan fingerprint density at radius 3 is 2.27 bits per heavy atom. The smallest absolute Gasteiger partial charge is 0.266 e. The number of ether oxygens (including phenoxy) is 1. The number of rotatable bonds is 10. The predicted molar refractivity (Wildman–Crippen MR) is 173 cm³/mol. The van der Waals surface area contributed by atoms with Crippen molar-refractivity contribution in [2.24, 2.45) is 0 Å². The van der Waals surface area contributed by atoms with Gasteiger partial charge < -0.3 is 19.4 Å². The van der Waals surface area contributed by atoms with E-state index in [-0.39, 0.29) is 12.0 Å². The monoisotopic (exact) mass is 598 g/mol. The van der Waals surface area contributed by atoms with Gasteiger partial charge in [0.2, 0.25) is 8.32 Å². The first-order valence-corrected chi connectivity index (χ1v) is 17.6. The molecule has 1 fully saturated rings. The molecule has 2 heterocycles. The van der Waals surface area contributed by atoms with Crippen LogP contribution in [0.25, 0.3) is 10.4 Å². The Kier molecular flexibility index (Phi) is 9.71. The molecule has 0 radical (unpaired) electrons. The van der Waals surface area contributed by atoms with Gasteiger partial charge in [-0.2, -0.15) is 0 Å². The maximum absolute atomic E-state index is 13.2. The van der Waals surface area contributed by atoms with Gasteiger partial charge in [-0.25, -0.2) is 0 Å².